The number of carbonyl (C=O) groups is 1. The van der Waals surface area contributed by atoms with Gasteiger partial charge in [-0.05, 0) is 52.8 Å². The van der Waals surface area contributed by atoms with Gasteiger partial charge in [-0.2, -0.15) is 0 Å². The van der Waals surface area contributed by atoms with Crippen LogP contribution in [0.2, 0.25) is 0 Å². The predicted octanol–water partition coefficient (Wildman–Crippen LogP) is 2.89. The van der Waals surface area contributed by atoms with Crippen molar-refractivity contribution >= 4 is 11.5 Å². The van der Waals surface area contributed by atoms with Gasteiger partial charge < -0.3 is 10.2 Å². The minimum Gasteiger partial charge on any atom is -0.508 e. The molecule has 4 nitrogen and oxygen atoms in total. The number of aromatic hydroxyl groups is 1. The largest absolute Gasteiger partial charge is 0.508 e. The number of hydrogen-bond acceptors (Lipinski definition) is 3. The van der Waals surface area contributed by atoms with Crippen LogP contribution in [-0.2, 0) is 11.2 Å². The first-order valence-electron chi connectivity index (χ1n) is 7.71. The quantitative estimate of drug-likeness (QED) is 0.798. The second-order valence-electron chi connectivity index (χ2n) is 6.13. The molecule has 1 aliphatic heterocycles. The van der Waals surface area contributed by atoms with Crippen LogP contribution < -0.4 is 5.32 Å². The lowest BCUT2D eigenvalue weighted by Crippen LogP contribution is -2.43. The molecule has 2 aromatic rings. The maximum absolute atomic E-state index is 11.6. The van der Waals surface area contributed by atoms with Crippen molar-refractivity contribution in [2.24, 2.45) is 0 Å². The molecule has 0 fully saturated rings. The molecule has 0 spiro atoms. The van der Waals surface area contributed by atoms with Gasteiger partial charge in [-0.3, -0.25) is 10.1 Å². The van der Waals surface area contributed by atoms with Crippen LogP contribution in [0, 0.1) is 0 Å². The molecule has 0 saturated heterocycles. The third-order valence-corrected chi connectivity index (χ3v) is 4.74. The highest BCUT2D eigenvalue weighted by Crippen LogP contribution is 2.44. The van der Waals surface area contributed by atoms with Crippen LogP contribution >= 0.6 is 0 Å². The monoisotopic (exact) mass is 307 g/mol. The van der Waals surface area contributed by atoms with Crippen LogP contribution in [0.1, 0.15) is 29.2 Å². The zero-order chi connectivity index (χ0) is 16.0. The van der Waals surface area contributed by atoms with Crippen molar-refractivity contribution in [1.29, 1.82) is 0 Å². The minimum absolute atomic E-state index is 0.181. The minimum atomic E-state index is -0.842. The van der Waals surface area contributed by atoms with E-state index in [0.29, 0.717) is 6.42 Å². The predicted molar refractivity (Wildman–Crippen MR) is 87.1 cm³/mol. The Balaban J connectivity index is 1.83. The molecule has 0 radical (unpaired) electrons. The molecule has 0 bridgehead atoms. The van der Waals surface area contributed by atoms with Crippen LogP contribution in [0.15, 0.2) is 54.1 Å². The number of rotatable bonds is 2. The normalized spacial score (nSPS) is 22.6. The molecule has 4 rings (SSSR count). The topological polar surface area (TPSA) is 69.6 Å². The van der Waals surface area contributed by atoms with Gasteiger partial charge in [-0.15, -0.1) is 0 Å². The van der Waals surface area contributed by atoms with E-state index in [-0.39, 0.29) is 11.8 Å². The number of fused-ring (bicyclic) bond motifs is 2. The summed E-state index contributed by atoms with van der Waals surface area (Å²) in [6, 6.07) is 14.4. The molecule has 2 aromatic carbocycles. The van der Waals surface area contributed by atoms with Crippen molar-refractivity contribution in [1.82, 2.24) is 5.32 Å². The Kier molecular flexibility index (Phi) is 3.20. The van der Waals surface area contributed by atoms with Gasteiger partial charge in [0.25, 0.3) is 0 Å². The van der Waals surface area contributed by atoms with E-state index in [4.69, 9.17) is 0 Å². The van der Waals surface area contributed by atoms with Crippen molar-refractivity contribution in [2.75, 3.05) is 0 Å². The number of nitrogens with one attached hydrogen (secondary N) is 1. The van der Waals surface area contributed by atoms with Crippen molar-refractivity contribution in [3.63, 3.8) is 0 Å². The van der Waals surface area contributed by atoms with Crippen LogP contribution in [0.25, 0.3) is 5.57 Å². The third-order valence-electron chi connectivity index (χ3n) is 4.74. The summed E-state index contributed by atoms with van der Waals surface area (Å²) in [6.45, 7) is 0. The summed E-state index contributed by atoms with van der Waals surface area (Å²) >= 11 is 0. The Morgan fingerprint density at radius 3 is 2.74 bits per heavy atom. The second kappa shape index (κ2) is 5.25. The molecule has 3 N–H and O–H groups in total. The smallest absolute Gasteiger partial charge is 0.321 e. The highest BCUT2D eigenvalue weighted by atomic mass is 16.4. The molecule has 116 valence electrons. The summed E-state index contributed by atoms with van der Waals surface area (Å²) in [4.78, 5) is 11.6. The Bertz CT molecular complexity index is 825. The number of benzene rings is 2. The number of phenols is 1. The van der Waals surface area contributed by atoms with Crippen molar-refractivity contribution < 1.29 is 15.0 Å². The average Bonchev–Trinajstić information content (AvgIpc) is 2.92. The molecule has 23 heavy (non-hydrogen) atoms. The number of carboxylic acids is 1. The van der Waals surface area contributed by atoms with E-state index in [0.717, 1.165) is 17.6 Å². The van der Waals surface area contributed by atoms with E-state index in [1.807, 2.05) is 18.2 Å². The number of carboxylic acid groups (broad SMARTS) is 1. The number of aliphatic carboxylic acids is 1. The van der Waals surface area contributed by atoms with Gasteiger partial charge in [0.15, 0.2) is 0 Å². The van der Waals surface area contributed by atoms with Gasteiger partial charge in [0.05, 0.1) is 6.04 Å². The first-order chi connectivity index (χ1) is 11.1. The fourth-order valence-electron chi connectivity index (χ4n) is 3.70. The van der Waals surface area contributed by atoms with Crippen LogP contribution in [0.3, 0.4) is 0 Å². The van der Waals surface area contributed by atoms with Gasteiger partial charge in [0.1, 0.15) is 11.8 Å². The fraction of sp³-hybridized carbons (Fsp3) is 0.211. The molecule has 2 atom stereocenters. The Hall–Kier alpha value is -2.59. The molecular formula is C19H17NO3. The standard InChI is InChI=1S/C19H17NO3/c21-13-6-3-5-12(8-13)18-16-9-11-4-1-2-7-14(11)15(16)10-17(20-18)19(22)23/h1-8,17-18,20-21H,9-10H2,(H,22,23)/t17-,18+/m0/s1. The number of hydrogen-bond donors (Lipinski definition) is 3. The van der Waals surface area contributed by atoms with Crippen LogP contribution in [0.5, 0.6) is 5.75 Å². The summed E-state index contributed by atoms with van der Waals surface area (Å²) in [5.41, 5.74) is 5.67. The summed E-state index contributed by atoms with van der Waals surface area (Å²) in [7, 11) is 0. The van der Waals surface area contributed by atoms with Crippen molar-refractivity contribution in [2.45, 2.75) is 24.9 Å². The Morgan fingerprint density at radius 2 is 1.96 bits per heavy atom. The first-order valence-corrected chi connectivity index (χ1v) is 7.71. The highest BCUT2D eigenvalue weighted by molar-refractivity contribution is 5.84. The van der Waals surface area contributed by atoms with E-state index in [2.05, 4.69) is 17.4 Å². The average molecular weight is 307 g/mol. The maximum atomic E-state index is 11.6. The summed E-state index contributed by atoms with van der Waals surface area (Å²) in [5.74, 6) is -0.648. The van der Waals surface area contributed by atoms with E-state index in [1.54, 1.807) is 18.2 Å². The SMILES string of the molecule is O=C(O)[C@@H]1CC2=C(Cc3ccccc32)[C@@H](c2cccc(O)c2)N1. The summed E-state index contributed by atoms with van der Waals surface area (Å²) in [5, 5.41) is 22.5. The zero-order valence-electron chi connectivity index (χ0n) is 12.5. The van der Waals surface area contributed by atoms with Gasteiger partial charge in [0, 0.05) is 0 Å². The van der Waals surface area contributed by atoms with Gasteiger partial charge in [0.2, 0.25) is 0 Å². The van der Waals surface area contributed by atoms with Gasteiger partial charge in [-0.25, -0.2) is 0 Å². The lowest BCUT2D eigenvalue weighted by molar-refractivity contribution is -0.139. The molecule has 1 aliphatic carbocycles. The highest BCUT2D eigenvalue weighted by Gasteiger charge is 2.37. The molecule has 0 unspecified atom stereocenters. The fourth-order valence-corrected chi connectivity index (χ4v) is 3.70. The third kappa shape index (κ3) is 2.32. The molecule has 0 saturated carbocycles. The zero-order valence-corrected chi connectivity index (χ0v) is 12.5. The van der Waals surface area contributed by atoms with E-state index in [1.165, 1.54) is 16.7 Å². The summed E-state index contributed by atoms with van der Waals surface area (Å²) in [6.07, 6.45) is 1.32. The van der Waals surface area contributed by atoms with Crippen LogP contribution in [-0.4, -0.2) is 22.2 Å². The van der Waals surface area contributed by atoms with Gasteiger partial charge >= 0.3 is 5.97 Å². The second-order valence-corrected chi connectivity index (χ2v) is 6.13. The lowest BCUT2D eigenvalue weighted by Gasteiger charge is -2.31. The first kappa shape index (κ1) is 14.0. The molecule has 2 aliphatic rings. The maximum Gasteiger partial charge on any atom is 0.321 e. The molecule has 4 heteroatoms. The van der Waals surface area contributed by atoms with Gasteiger partial charge in [-0.1, -0.05) is 36.4 Å². The summed E-state index contributed by atoms with van der Waals surface area (Å²) < 4.78 is 0. The molecule has 1 heterocycles. The van der Waals surface area contributed by atoms with E-state index in [9.17, 15) is 15.0 Å². The van der Waals surface area contributed by atoms with Crippen molar-refractivity contribution in [3.8, 4) is 5.75 Å². The van der Waals surface area contributed by atoms with Crippen molar-refractivity contribution in [3.05, 3.63) is 70.8 Å². The lowest BCUT2D eigenvalue weighted by atomic mass is 9.87. The molecule has 0 amide bonds. The Morgan fingerprint density at radius 1 is 1.13 bits per heavy atom. The van der Waals surface area contributed by atoms with E-state index < -0.39 is 12.0 Å². The molecule has 0 aromatic heterocycles. The Labute approximate surface area is 134 Å². The molecular weight excluding hydrogens is 290 g/mol. The van der Waals surface area contributed by atoms with Crippen LogP contribution in [0.4, 0.5) is 0 Å². The number of phenolic OH excluding ortho intramolecular Hbond substituents is 1. The van der Waals surface area contributed by atoms with E-state index >= 15 is 0 Å².